The number of nitrogens with zero attached hydrogens (tertiary/aromatic N) is 2. The highest BCUT2D eigenvalue weighted by Crippen LogP contribution is 2.44. The minimum atomic E-state index is -3.15. The third kappa shape index (κ3) is 5.58. The molecule has 1 aliphatic heterocycles. The number of fused-ring (bicyclic) bond motifs is 2. The summed E-state index contributed by atoms with van der Waals surface area (Å²) in [6, 6.07) is 8.60. The van der Waals surface area contributed by atoms with Crippen LogP contribution in [0, 0.1) is 0 Å². The highest BCUT2D eigenvalue weighted by molar-refractivity contribution is 5.98. The van der Waals surface area contributed by atoms with Crippen molar-refractivity contribution in [2.45, 2.75) is 91.1 Å². The summed E-state index contributed by atoms with van der Waals surface area (Å²) in [6.45, 7) is 8.34. The molecule has 5 rings (SSSR count). The van der Waals surface area contributed by atoms with Crippen LogP contribution >= 0.6 is 0 Å². The third-order valence-corrected chi connectivity index (χ3v) is 7.92. The molecule has 2 atom stereocenters. The Kier molecular flexibility index (Phi) is 7.76. The lowest BCUT2D eigenvalue weighted by Crippen LogP contribution is -2.46. The van der Waals surface area contributed by atoms with Gasteiger partial charge in [-0.2, -0.15) is 8.78 Å². The lowest BCUT2D eigenvalue weighted by molar-refractivity contribution is -0.0486. The summed E-state index contributed by atoms with van der Waals surface area (Å²) in [5.74, 6) is -0.889. The van der Waals surface area contributed by atoms with E-state index in [1.54, 1.807) is 28.5 Å². The average Bonchev–Trinajstić information content (AvgIpc) is 3.75. The molecule has 3 aromatic rings. The Balaban J connectivity index is 1.66. The first-order chi connectivity index (χ1) is 19.8. The van der Waals surface area contributed by atoms with Gasteiger partial charge in [0.2, 0.25) is 5.43 Å². The van der Waals surface area contributed by atoms with Gasteiger partial charge in [-0.15, -0.1) is 0 Å². The van der Waals surface area contributed by atoms with Crippen LogP contribution in [0.2, 0.25) is 0 Å². The van der Waals surface area contributed by atoms with E-state index in [2.05, 4.69) is 0 Å². The molecule has 2 heterocycles. The molecular weight excluding hydrogens is 546 g/mol. The fourth-order valence-corrected chi connectivity index (χ4v) is 5.61. The van der Waals surface area contributed by atoms with Gasteiger partial charge in [0.15, 0.2) is 5.75 Å². The number of hydrogen-bond donors (Lipinski definition) is 0. The number of carbonyl (C=O) groups is 2. The summed E-state index contributed by atoms with van der Waals surface area (Å²) in [6.07, 6.45) is 2.52. The van der Waals surface area contributed by atoms with Crippen LogP contribution in [-0.4, -0.2) is 46.4 Å². The van der Waals surface area contributed by atoms with Gasteiger partial charge in [-0.25, -0.2) is 9.59 Å². The number of hydrogen-bond acceptors (Lipinski definition) is 6. The minimum absolute atomic E-state index is 0.00468. The van der Waals surface area contributed by atoms with Crippen molar-refractivity contribution in [1.29, 1.82) is 0 Å². The zero-order chi connectivity index (χ0) is 30.5. The highest BCUT2D eigenvalue weighted by atomic mass is 19.3. The first kappa shape index (κ1) is 29.5. The Bertz CT molecular complexity index is 1610. The molecule has 0 spiro atoms. The van der Waals surface area contributed by atoms with Crippen LogP contribution in [0.5, 0.6) is 5.75 Å². The minimum Gasteiger partial charge on any atom is -0.462 e. The maximum Gasteiger partial charge on any atom is 0.410 e. The Morgan fingerprint density at radius 2 is 1.81 bits per heavy atom. The molecule has 42 heavy (non-hydrogen) atoms. The van der Waals surface area contributed by atoms with Crippen molar-refractivity contribution in [2.75, 3.05) is 6.61 Å². The number of alkyl halides is 2. The van der Waals surface area contributed by atoms with Gasteiger partial charge in [-0.3, -0.25) is 4.79 Å². The molecule has 8 nitrogen and oxygen atoms in total. The Labute approximate surface area is 243 Å². The molecular formula is C32H36F2N2O6. The van der Waals surface area contributed by atoms with Crippen molar-refractivity contribution in [3.05, 3.63) is 63.4 Å². The Hall–Kier alpha value is -3.95. The molecule has 10 heteroatoms. The van der Waals surface area contributed by atoms with Gasteiger partial charge < -0.3 is 23.7 Å². The smallest absolute Gasteiger partial charge is 0.410 e. The number of carbonyl (C=O) groups excluding carboxylic acids is 2. The van der Waals surface area contributed by atoms with E-state index >= 15 is 0 Å². The standard InChI is InChI=1S/C32H36F2N2O6/c1-7-40-29(38)25-16-36(21-9-10-21)26-24(27(25)37)13-12-23(28(26)41-30(33)34)19-8-11-22-17(2)18(3)35(15-20(22)14-19)31(39)42-32(4,5)6/h8,11-14,16-18,21,30H,7,9-10,15H2,1-6H3. The number of amides is 1. The van der Waals surface area contributed by atoms with Crippen molar-refractivity contribution >= 4 is 23.0 Å². The summed E-state index contributed by atoms with van der Waals surface area (Å²) in [7, 11) is 0. The zero-order valence-corrected chi connectivity index (χ0v) is 24.7. The van der Waals surface area contributed by atoms with Crippen molar-refractivity contribution in [2.24, 2.45) is 0 Å². The molecule has 2 aromatic carbocycles. The lowest BCUT2D eigenvalue weighted by atomic mass is 9.84. The number of aromatic nitrogens is 1. The van der Waals surface area contributed by atoms with Crippen LogP contribution in [-0.2, 0) is 16.0 Å². The lowest BCUT2D eigenvalue weighted by Gasteiger charge is -2.40. The predicted molar refractivity (Wildman–Crippen MR) is 154 cm³/mol. The van der Waals surface area contributed by atoms with Crippen LogP contribution in [0.1, 0.15) is 87.8 Å². The fourth-order valence-electron chi connectivity index (χ4n) is 5.61. The van der Waals surface area contributed by atoms with E-state index in [4.69, 9.17) is 14.2 Å². The Morgan fingerprint density at radius 1 is 1.10 bits per heavy atom. The van der Waals surface area contributed by atoms with Gasteiger partial charge in [-0.05, 0) is 82.3 Å². The summed E-state index contributed by atoms with van der Waals surface area (Å²) in [5, 5.41) is 0.100. The summed E-state index contributed by atoms with van der Waals surface area (Å²) in [5.41, 5.74) is 1.70. The molecule has 0 bridgehead atoms. The second-order valence-electron chi connectivity index (χ2n) is 12.0. The van der Waals surface area contributed by atoms with Gasteiger partial charge in [0.25, 0.3) is 0 Å². The molecule has 1 fully saturated rings. The van der Waals surface area contributed by atoms with E-state index in [0.29, 0.717) is 11.1 Å². The monoisotopic (exact) mass is 582 g/mol. The molecule has 1 aromatic heterocycles. The van der Waals surface area contributed by atoms with E-state index in [1.807, 2.05) is 52.8 Å². The maximum absolute atomic E-state index is 13.9. The second kappa shape index (κ2) is 11.0. The first-order valence-electron chi connectivity index (χ1n) is 14.3. The summed E-state index contributed by atoms with van der Waals surface area (Å²) >= 11 is 0. The van der Waals surface area contributed by atoms with Crippen molar-refractivity contribution in [1.82, 2.24) is 9.47 Å². The van der Waals surface area contributed by atoms with Crippen LogP contribution in [0.3, 0.4) is 0 Å². The molecule has 2 unspecified atom stereocenters. The number of rotatable bonds is 6. The maximum atomic E-state index is 13.9. The predicted octanol–water partition coefficient (Wildman–Crippen LogP) is 7.02. The second-order valence-corrected chi connectivity index (χ2v) is 12.0. The van der Waals surface area contributed by atoms with Crippen molar-refractivity contribution in [3.8, 4) is 16.9 Å². The van der Waals surface area contributed by atoms with Crippen molar-refractivity contribution < 1.29 is 32.6 Å². The number of pyridine rings is 1. The third-order valence-electron chi connectivity index (χ3n) is 7.92. The molecule has 224 valence electrons. The molecule has 0 radical (unpaired) electrons. The van der Waals surface area contributed by atoms with Gasteiger partial charge in [0.1, 0.15) is 11.2 Å². The number of ether oxygens (including phenoxy) is 3. The van der Waals surface area contributed by atoms with Crippen molar-refractivity contribution in [3.63, 3.8) is 0 Å². The molecule has 2 aliphatic rings. The average molecular weight is 583 g/mol. The number of halogens is 2. The normalized spacial score (nSPS) is 18.6. The SMILES string of the molecule is CCOC(=O)c1cn(C2CC2)c2c(OC(F)F)c(-c3ccc4c(c3)CN(C(=O)OC(C)(C)C)C(C)C4C)ccc2c1=O. The number of benzene rings is 2. The van der Waals surface area contributed by atoms with E-state index in [-0.39, 0.29) is 53.4 Å². The van der Waals surface area contributed by atoms with Crippen LogP contribution in [0.15, 0.2) is 41.3 Å². The van der Waals surface area contributed by atoms with E-state index < -0.39 is 29.7 Å². The molecule has 1 aliphatic carbocycles. The van der Waals surface area contributed by atoms with Gasteiger partial charge >= 0.3 is 18.7 Å². The summed E-state index contributed by atoms with van der Waals surface area (Å²) < 4.78 is 45.4. The van der Waals surface area contributed by atoms with E-state index in [1.165, 1.54) is 6.20 Å². The summed E-state index contributed by atoms with van der Waals surface area (Å²) in [4.78, 5) is 40.7. The van der Waals surface area contributed by atoms with Gasteiger partial charge in [0, 0.05) is 36.3 Å². The van der Waals surface area contributed by atoms with Crippen LogP contribution in [0.25, 0.3) is 22.0 Å². The molecule has 0 saturated heterocycles. The van der Waals surface area contributed by atoms with Gasteiger partial charge in [-0.1, -0.05) is 19.1 Å². The first-order valence-corrected chi connectivity index (χ1v) is 14.3. The van der Waals surface area contributed by atoms with Crippen LogP contribution < -0.4 is 10.2 Å². The highest BCUT2D eigenvalue weighted by Gasteiger charge is 2.35. The molecule has 1 amide bonds. The van der Waals surface area contributed by atoms with E-state index in [9.17, 15) is 23.2 Å². The Morgan fingerprint density at radius 3 is 2.43 bits per heavy atom. The number of esters is 1. The largest absolute Gasteiger partial charge is 0.462 e. The van der Waals surface area contributed by atoms with E-state index in [0.717, 1.165) is 24.0 Å². The fraction of sp³-hybridized carbons (Fsp3) is 0.469. The quantitative estimate of drug-likeness (QED) is 0.290. The molecule has 1 saturated carbocycles. The van der Waals surface area contributed by atoms with Gasteiger partial charge in [0.05, 0.1) is 17.5 Å². The molecule has 0 N–H and O–H groups in total. The zero-order valence-electron chi connectivity index (χ0n) is 24.7. The van der Waals surface area contributed by atoms with Crippen LogP contribution in [0.4, 0.5) is 13.6 Å². The topological polar surface area (TPSA) is 87.1 Å².